The molecular formula is C19H24N4O4S. The molecule has 1 aliphatic heterocycles. The minimum atomic E-state index is -3.37. The molecule has 8 nitrogen and oxygen atoms in total. The van der Waals surface area contributed by atoms with Crippen molar-refractivity contribution in [2.45, 2.75) is 12.7 Å². The minimum absolute atomic E-state index is 0.00403. The second-order valence-electron chi connectivity index (χ2n) is 6.62. The highest BCUT2D eigenvalue weighted by Crippen LogP contribution is 2.30. The molecule has 1 aliphatic rings. The van der Waals surface area contributed by atoms with Crippen LogP contribution < -0.4 is 10.2 Å². The molecule has 0 amide bonds. The second kappa shape index (κ2) is 8.57. The Balaban J connectivity index is 1.68. The van der Waals surface area contributed by atoms with Crippen molar-refractivity contribution in [1.82, 2.24) is 4.31 Å². The van der Waals surface area contributed by atoms with E-state index in [1.165, 1.54) is 10.4 Å². The zero-order valence-corrected chi connectivity index (χ0v) is 16.6. The fourth-order valence-electron chi connectivity index (χ4n) is 3.31. The Hall–Kier alpha value is -2.65. The quantitative estimate of drug-likeness (QED) is 0.563. The lowest BCUT2D eigenvalue weighted by Gasteiger charge is -2.35. The highest BCUT2D eigenvalue weighted by molar-refractivity contribution is 7.88. The van der Waals surface area contributed by atoms with E-state index >= 15 is 0 Å². The molecule has 2 aromatic carbocycles. The Bertz CT molecular complexity index is 926. The predicted molar refractivity (Wildman–Crippen MR) is 110 cm³/mol. The molecule has 0 saturated carbocycles. The first kappa shape index (κ1) is 20.1. The lowest BCUT2D eigenvalue weighted by Crippen LogP contribution is -2.49. The summed E-state index contributed by atoms with van der Waals surface area (Å²) >= 11 is 0. The molecule has 1 saturated heterocycles. The summed E-state index contributed by atoms with van der Waals surface area (Å²) in [5.74, 6) is -0.00403. The summed E-state index contributed by atoms with van der Waals surface area (Å²) in [5.41, 5.74) is 2.14. The maximum atomic E-state index is 12.7. The monoisotopic (exact) mass is 404 g/mol. The van der Waals surface area contributed by atoms with Crippen LogP contribution in [0.4, 0.5) is 17.1 Å². The van der Waals surface area contributed by atoms with Gasteiger partial charge in [0.1, 0.15) is 5.69 Å². The number of rotatable bonds is 7. The Kier molecular flexibility index (Phi) is 6.15. The number of hydrogen-bond donors (Lipinski definition) is 1. The van der Waals surface area contributed by atoms with E-state index in [0.29, 0.717) is 38.4 Å². The number of anilines is 2. The zero-order chi connectivity index (χ0) is 20.1. The Labute approximate surface area is 165 Å². The molecular weight excluding hydrogens is 380 g/mol. The van der Waals surface area contributed by atoms with Crippen molar-refractivity contribution in [3.05, 3.63) is 64.2 Å². The average molecular weight is 404 g/mol. The number of sulfonamides is 1. The number of nitrogens with one attached hydrogen (secondary N) is 1. The number of nitro benzene ring substituents is 1. The molecule has 0 radical (unpaired) electrons. The van der Waals surface area contributed by atoms with Crippen molar-refractivity contribution < 1.29 is 13.3 Å². The van der Waals surface area contributed by atoms with E-state index in [4.69, 9.17) is 0 Å². The predicted octanol–water partition coefficient (Wildman–Crippen LogP) is 2.68. The summed E-state index contributed by atoms with van der Waals surface area (Å²) in [6, 6.07) is 14.1. The molecule has 0 aliphatic carbocycles. The van der Waals surface area contributed by atoms with Crippen LogP contribution in [0.1, 0.15) is 12.5 Å². The molecule has 1 fully saturated rings. The van der Waals surface area contributed by atoms with Crippen LogP contribution in [-0.4, -0.2) is 50.4 Å². The van der Waals surface area contributed by atoms with Crippen molar-refractivity contribution in [2.24, 2.45) is 0 Å². The summed E-state index contributed by atoms with van der Waals surface area (Å²) in [4.78, 5) is 12.8. The fourth-order valence-corrected chi connectivity index (χ4v) is 4.83. The second-order valence-corrected chi connectivity index (χ2v) is 8.59. The molecule has 150 valence electrons. The Morgan fingerprint density at radius 3 is 2.36 bits per heavy atom. The van der Waals surface area contributed by atoms with Crippen LogP contribution >= 0.6 is 0 Å². The number of nitrogens with zero attached hydrogens (tertiary/aromatic N) is 3. The lowest BCUT2D eigenvalue weighted by molar-refractivity contribution is -0.383. The van der Waals surface area contributed by atoms with E-state index in [-0.39, 0.29) is 11.4 Å². The van der Waals surface area contributed by atoms with E-state index in [2.05, 4.69) is 10.2 Å². The molecule has 0 spiro atoms. The van der Waals surface area contributed by atoms with Gasteiger partial charge in [-0.05, 0) is 24.6 Å². The highest BCUT2D eigenvalue weighted by Gasteiger charge is 2.27. The topological polar surface area (TPSA) is 95.8 Å². The molecule has 2 aromatic rings. The largest absolute Gasteiger partial charge is 0.380 e. The number of piperazine rings is 1. The van der Waals surface area contributed by atoms with Gasteiger partial charge in [0.2, 0.25) is 10.0 Å². The standard InChI is InChI=1S/C19H24N4O4S/c1-2-20-18-14-17(8-9-19(18)23(24)25)21-10-12-22(13-11-21)28(26,27)15-16-6-4-3-5-7-16/h3-9,14,20H,2,10-13,15H2,1H3. The van der Waals surface area contributed by atoms with Crippen molar-refractivity contribution in [3.63, 3.8) is 0 Å². The normalized spacial score (nSPS) is 15.4. The highest BCUT2D eigenvalue weighted by atomic mass is 32.2. The lowest BCUT2D eigenvalue weighted by atomic mass is 10.2. The first-order valence-corrected chi connectivity index (χ1v) is 10.8. The molecule has 28 heavy (non-hydrogen) atoms. The summed E-state index contributed by atoms with van der Waals surface area (Å²) in [6.07, 6.45) is 0. The third-order valence-corrected chi connectivity index (χ3v) is 6.58. The van der Waals surface area contributed by atoms with Crippen LogP contribution in [0.15, 0.2) is 48.5 Å². The van der Waals surface area contributed by atoms with Crippen LogP contribution in [0.5, 0.6) is 0 Å². The van der Waals surface area contributed by atoms with Crippen LogP contribution in [-0.2, 0) is 15.8 Å². The van der Waals surface area contributed by atoms with Crippen LogP contribution in [0, 0.1) is 10.1 Å². The third kappa shape index (κ3) is 4.60. The molecule has 0 unspecified atom stereocenters. The van der Waals surface area contributed by atoms with Gasteiger partial charge in [0.05, 0.1) is 10.7 Å². The zero-order valence-electron chi connectivity index (χ0n) is 15.7. The summed E-state index contributed by atoms with van der Waals surface area (Å²) in [6.45, 7) is 4.32. The van der Waals surface area contributed by atoms with Crippen molar-refractivity contribution >= 4 is 27.1 Å². The number of benzene rings is 2. The van der Waals surface area contributed by atoms with Gasteiger partial charge < -0.3 is 10.2 Å². The van der Waals surface area contributed by atoms with Gasteiger partial charge in [-0.3, -0.25) is 10.1 Å². The van der Waals surface area contributed by atoms with Gasteiger partial charge in [-0.1, -0.05) is 30.3 Å². The van der Waals surface area contributed by atoms with E-state index in [9.17, 15) is 18.5 Å². The molecule has 9 heteroatoms. The fraction of sp³-hybridized carbons (Fsp3) is 0.368. The molecule has 0 aromatic heterocycles. The van der Waals surface area contributed by atoms with E-state index in [1.54, 1.807) is 12.1 Å². The molecule has 3 rings (SSSR count). The van der Waals surface area contributed by atoms with Gasteiger partial charge in [-0.2, -0.15) is 4.31 Å². The van der Waals surface area contributed by atoms with E-state index < -0.39 is 14.9 Å². The van der Waals surface area contributed by atoms with Gasteiger partial charge in [-0.25, -0.2) is 8.42 Å². The summed E-state index contributed by atoms with van der Waals surface area (Å²) in [7, 11) is -3.37. The Morgan fingerprint density at radius 2 is 1.75 bits per heavy atom. The van der Waals surface area contributed by atoms with Gasteiger partial charge in [0, 0.05) is 44.5 Å². The summed E-state index contributed by atoms with van der Waals surface area (Å²) in [5, 5.41) is 14.2. The first-order valence-electron chi connectivity index (χ1n) is 9.19. The smallest absolute Gasteiger partial charge is 0.292 e. The molecule has 0 atom stereocenters. The summed E-state index contributed by atoms with van der Waals surface area (Å²) < 4.78 is 26.9. The van der Waals surface area contributed by atoms with Gasteiger partial charge >= 0.3 is 0 Å². The number of hydrogen-bond acceptors (Lipinski definition) is 6. The van der Waals surface area contributed by atoms with E-state index in [0.717, 1.165) is 11.3 Å². The van der Waals surface area contributed by atoms with Gasteiger partial charge in [0.15, 0.2) is 0 Å². The van der Waals surface area contributed by atoms with E-state index in [1.807, 2.05) is 37.3 Å². The van der Waals surface area contributed by atoms with Crippen molar-refractivity contribution in [2.75, 3.05) is 42.9 Å². The average Bonchev–Trinajstić information content (AvgIpc) is 2.68. The van der Waals surface area contributed by atoms with Crippen LogP contribution in [0.3, 0.4) is 0 Å². The third-order valence-electron chi connectivity index (χ3n) is 4.73. The van der Waals surface area contributed by atoms with Crippen LogP contribution in [0.2, 0.25) is 0 Å². The minimum Gasteiger partial charge on any atom is -0.380 e. The SMILES string of the molecule is CCNc1cc(N2CCN(S(=O)(=O)Cc3ccccc3)CC2)ccc1[N+](=O)[O-]. The van der Waals surface area contributed by atoms with Crippen LogP contribution in [0.25, 0.3) is 0 Å². The Morgan fingerprint density at radius 1 is 1.07 bits per heavy atom. The molecule has 1 N–H and O–H groups in total. The molecule has 0 bridgehead atoms. The first-order chi connectivity index (χ1) is 13.4. The maximum Gasteiger partial charge on any atom is 0.292 e. The van der Waals surface area contributed by atoms with Gasteiger partial charge in [-0.15, -0.1) is 0 Å². The van der Waals surface area contributed by atoms with Crippen molar-refractivity contribution in [1.29, 1.82) is 0 Å². The molecule has 1 heterocycles. The van der Waals surface area contributed by atoms with Crippen molar-refractivity contribution in [3.8, 4) is 0 Å². The maximum absolute atomic E-state index is 12.7. The number of nitro groups is 1. The van der Waals surface area contributed by atoms with Gasteiger partial charge in [0.25, 0.3) is 5.69 Å².